The summed E-state index contributed by atoms with van der Waals surface area (Å²) in [5, 5.41) is 0. The van der Waals surface area contributed by atoms with Crippen LogP contribution in [0, 0.1) is 0 Å². The number of amides is 2. The molecule has 2 amide bonds. The number of hydrogen-bond donors (Lipinski definition) is 0. The lowest BCUT2D eigenvalue weighted by Gasteiger charge is -2.34. The van der Waals surface area contributed by atoms with Crippen molar-refractivity contribution in [2.75, 3.05) is 39.9 Å². The molecule has 22 heavy (non-hydrogen) atoms. The van der Waals surface area contributed by atoms with Crippen LogP contribution in [0.1, 0.15) is 41.3 Å². The van der Waals surface area contributed by atoms with Gasteiger partial charge in [0, 0.05) is 39.2 Å². The van der Waals surface area contributed by atoms with Crippen LogP contribution < -0.4 is 0 Å². The smallest absolute Gasteiger partial charge is 0.257 e. The van der Waals surface area contributed by atoms with Crippen molar-refractivity contribution in [1.82, 2.24) is 9.80 Å². The average molecular weight is 306 g/mol. The van der Waals surface area contributed by atoms with Crippen molar-refractivity contribution < 1.29 is 18.7 Å². The van der Waals surface area contributed by atoms with Crippen molar-refractivity contribution >= 4 is 11.8 Å². The van der Waals surface area contributed by atoms with Crippen molar-refractivity contribution in [3.63, 3.8) is 0 Å². The van der Waals surface area contributed by atoms with E-state index in [2.05, 4.69) is 0 Å². The molecule has 0 bridgehead atoms. The van der Waals surface area contributed by atoms with Crippen molar-refractivity contribution in [1.29, 1.82) is 0 Å². The summed E-state index contributed by atoms with van der Waals surface area (Å²) in [5.74, 6) is 1.38. The van der Waals surface area contributed by atoms with E-state index in [1.54, 1.807) is 24.3 Å². The second-order valence-electron chi connectivity index (χ2n) is 5.89. The van der Waals surface area contributed by atoms with Gasteiger partial charge in [-0.1, -0.05) is 0 Å². The quantitative estimate of drug-likeness (QED) is 0.826. The second-order valence-corrected chi connectivity index (χ2v) is 5.89. The van der Waals surface area contributed by atoms with E-state index in [-0.39, 0.29) is 11.8 Å². The predicted molar refractivity (Wildman–Crippen MR) is 79.7 cm³/mol. The Balaban J connectivity index is 1.55. The van der Waals surface area contributed by atoms with Gasteiger partial charge in [-0.15, -0.1) is 0 Å². The maximum absolute atomic E-state index is 12.6. The fourth-order valence-electron chi connectivity index (χ4n) is 2.84. The van der Waals surface area contributed by atoms with Gasteiger partial charge in [0.05, 0.1) is 24.9 Å². The predicted octanol–water partition coefficient (Wildman–Crippen LogP) is 1.48. The maximum atomic E-state index is 12.6. The third-order valence-electron chi connectivity index (χ3n) is 4.31. The lowest BCUT2D eigenvalue weighted by Crippen LogP contribution is -2.50. The first-order chi connectivity index (χ1) is 10.7. The van der Waals surface area contributed by atoms with Crippen LogP contribution in [0.25, 0.3) is 0 Å². The normalized spacial score (nSPS) is 18.6. The van der Waals surface area contributed by atoms with E-state index in [0.717, 1.165) is 18.6 Å². The number of rotatable bonds is 5. The first-order valence-corrected chi connectivity index (χ1v) is 7.84. The minimum atomic E-state index is 0.0274. The van der Waals surface area contributed by atoms with Crippen LogP contribution in [0.4, 0.5) is 0 Å². The van der Waals surface area contributed by atoms with Gasteiger partial charge in [-0.05, 0) is 18.9 Å². The van der Waals surface area contributed by atoms with Crippen LogP contribution in [0.3, 0.4) is 0 Å². The third kappa shape index (κ3) is 3.16. The van der Waals surface area contributed by atoms with Crippen molar-refractivity contribution in [2.24, 2.45) is 0 Å². The highest BCUT2D eigenvalue weighted by Crippen LogP contribution is 2.42. The van der Waals surface area contributed by atoms with E-state index < -0.39 is 0 Å². The van der Waals surface area contributed by atoms with Crippen LogP contribution in [-0.2, 0) is 9.53 Å². The summed E-state index contributed by atoms with van der Waals surface area (Å²) in [7, 11) is 1.59. The molecule has 0 unspecified atom stereocenters. The van der Waals surface area contributed by atoms with Crippen molar-refractivity contribution in [2.45, 2.75) is 25.2 Å². The number of furan rings is 1. The molecule has 1 saturated carbocycles. The average Bonchev–Trinajstić information content (AvgIpc) is 3.29. The highest BCUT2D eigenvalue weighted by Gasteiger charge is 2.33. The summed E-state index contributed by atoms with van der Waals surface area (Å²) in [4.78, 5) is 28.2. The fraction of sp³-hybridized carbons (Fsp3) is 0.625. The number of piperazine rings is 1. The maximum Gasteiger partial charge on any atom is 0.257 e. The fourth-order valence-corrected chi connectivity index (χ4v) is 2.84. The van der Waals surface area contributed by atoms with E-state index in [4.69, 9.17) is 9.15 Å². The lowest BCUT2D eigenvalue weighted by molar-refractivity contribution is -0.133. The molecule has 0 spiro atoms. The number of nitrogens with zero attached hydrogens (tertiary/aromatic N) is 2. The van der Waals surface area contributed by atoms with Crippen LogP contribution in [0.2, 0.25) is 0 Å². The Morgan fingerprint density at radius 3 is 2.55 bits per heavy atom. The Kier molecular flexibility index (Phi) is 4.47. The third-order valence-corrected chi connectivity index (χ3v) is 4.31. The highest BCUT2D eigenvalue weighted by atomic mass is 16.5. The lowest BCUT2D eigenvalue weighted by atomic mass is 10.1. The molecule has 1 saturated heterocycles. The van der Waals surface area contributed by atoms with Gasteiger partial charge < -0.3 is 19.0 Å². The molecule has 1 aromatic rings. The van der Waals surface area contributed by atoms with Crippen molar-refractivity contribution in [3.8, 4) is 0 Å². The molecule has 1 aliphatic carbocycles. The zero-order valence-corrected chi connectivity index (χ0v) is 12.9. The molecular formula is C16H22N2O4. The van der Waals surface area contributed by atoms with Crippen LogP contribution in [-0.4, -0.2) is 61.5 Å². The topological polar surface area (TPSA) is 63.0 Å². The Bertz CT molecular complexity index is 542. The SMILES string of the molecule is COCCC(=O)N1CCN(C(=O)c2ccoc2C2CC2)CC1. The highest BCUT2D eigenvalue weighted by molar-refractivity contribution is 5.95. The minimum Gasteiger partial charge on any atom is -0.468 e. The molecule has 0 aromatic carbocycles. The molecular weight excluding hydrogens is 284 g/mol. The van der Waals surface area contributed by atoms with Gasteiger partial charge in [0.15, 0.2) is 0 Å². The Labute approximate surface area is 130 Å². The van der Waals surface area contributed by atoms with Gasteiger partial charge in [0.1, 0.15) is 5.76 Å². The van der Waals surface area contributed by atoms with E-state index in [1.807, 2.05) is 4.90 Å². The Morgan fingerprint density at radius 1 is 1.23 bits per heavy atom. The molecule has 3 rings (SSSR count). The monoisotopic (exact) mass is 306 g/mol. The summed E-state index contributed by atoms with van der Waals surface area (Å²) in [6, 6.07) is 1.77. The zero-order valence-electron chi connectivity index (χ0n) is 12.9. The molecule has 0 N–H and O–H groups in total. The van der Waals surface area contributed by atoms with Crippen LogP contribution in [0.5, 0.6) is 0 Å². The molecule has 2 heterocycles. The summed E-state index contributed by atoms with van der Waals surface area (Å²) in [5.41, 5.74) is 0.696. The molecule has 2 aliphatic rings. The molecule has 6 nitrogen and oxygen atoms in total. The molecule has 0 atom stereocenters. The summed E-state index contributed by atoms with van der Waals surface area (Å²) < 4.78 is 10.4. The number of ether oxygens (including phenoxy) is 1. The number of hydrogen-bond acceptors (Lipinski definition) is 4. The largest absolute Gasteiger partial charge is 0.468 e. The van der Waals surface area contributed by atoms with Gasteiger partial charge in [-0.3, -0.25) is 9.59 Å². The van der Waals surface area contributed by atoms with Crippen molar-refractivity contribution in [3.05, 3.63) is 23.7 Å². The number of methoxy groups -OCH3 is 1. The van der Waals surface area contributed by atoms with E-state index in [9.17, 15) is 9.59 Å². The van der Waals surface area contributed by atoms with Gasteiger partial charge in [-0.25, -0.2) is 0 Å². The standard InChI is InChI=1S/C16H22N2O4/c1-21-10-5-14(19)17-6-8-18(9-7-17)16(20)13-4-11-22-15(13)12-2-3-12/h4,11-12H,2-3,5-10H2,1H3. The zero-order chi connectivity index (χ0) is 15.5. The van der Waals surface area contributed by atoms with Gasteiger partial charge in [0.2, 0.25) is 5.91 Å². The Hall–Kier alpha value is -1.82. The molecule has 1 aromatic heterocycles. The summed E-state index contributed by atoms with van der Waals surface area (Å²) in [6.45, 7) is 2.77. The summed E-state index contributed by atoms with van der Waals surface area (Å²) in [6.07, 6.45) is 4.22. The van der Waals surface area contributed by atoms with Crippen LogP contribution >= 0.6 is 0 Å². The van der Waals surface area contributed by atoms with E-state index in [1.165, 1.54) is 0 Å². The van der Waals surface area contributed by atoms with Gasteiger partial charge in [0.25, 0.3) is 5.91 Å². The first-order valence-electron chi connectivity index (χ1n) is 7.84. The number of carbonyl (C=O) groups excluding carboxylic acids is 2. The molecule has 120 valence electrons. The molecule has 2 fully saturated rings. The van der Waals surface area contributed by atoms with Gasteiger partial charge in [-0.2, -0.15) is 0 Å². The number of carbonyl (C=O) groups is 2. The molecule has 6 heteroatoms. The molecule has 0 radical (unpaired) electrons. The first kappa shape index (κ1) is 15.1. The molecule has 1 aliphatic heterocycles. The van der Waals surface area contributed by atoms with Gasteiger partial charge >= 0.3 is 0 Å². The van der Waals surface area contributed by atoms with Crippen LogP contribution in [0.15, 0.2) is 16.7 Å². The second kappa shape index (κ2) is 6.52. The Morgan fingerprint density at radius 2 is 1.91 bits per heavy atom. The van der Waals surface area contributed by atoms with E-state index in [0.29, 0.717) is 50.7 Å². The van der Waals surface area contributed by atoms with E-state index >= 15 is 0 Å². The minimum absolute atomic E-state index is 0.0274. The summed E-state index contributed by atoms with van der Waals surface area (Å²) >= 11 is 0.